The third kappa shape index (κ3) is 4.54. The predicted octanol–water partition coefficient (Wildman–Crippen LogP) is 3.59. The lowest BCUT2D eigenvalue weighted by Crippen LogP contribution is -2.34. The topological polar surface area (TPSA) is 36.3 Å². The zero-order valence-electron chi connectivity index (χ0n) is 12.3. The van der Waals surface area contributed by atoms with E-state index in [-0.39, 0.29) is 0 Å². The number of nitrogens with zero attached hydrogens (tertiary/aromatic N) is 2. The number of rotatable bonds is 6. The minimum absolute atomic E-state index is 0.654. The Labute approximate surface area is 122 Å². The lowest BCUT2D eigenvalue weighted by molar-refractivity contribution is 0.177. The Balaban J connectivity index is 1.66. The summed E-state index contributed by atoms with van der Waals surface area (Å²) in [4.78, 5) is 2.48. The Morgan fingerprint density at radius 1 is 1.30 bits per heavy atom. The van der Waals surface area contributed by atoms with Gasteiger partial charge in [-0.3, -0.25) is 0 Å². The molecule has 3 heteroatoms. The minimum Gasteiger partial charge on any atom is -0.494 e. The van der Waals surface area contributed by atoms with Crippen molar-refractivity contribution < 1.29 is 4.74 Å². The Morgan fingerprint density at radius 2 is 2.10 bits per heavy atom. The van der Waals surface area contributed by atoms with E-state index in [9.17, 15) is 0 Å². The molecule has 0 aliphatic heterocycles. The molecule has 108 valence electrons. The third-order valence-electron chi connectivity index (χ3n) is 4.09. The highest BCUT2D eigenvalue weighted by Gasteiger charge is 2.17. The molecule has 1 aliphatic rings. The van der Waals surface area contributed by atoms with Crippen LogP contribution < -0.4 is 4.74 Å². The van der Waals surface area contributed by atoms with Crippen LogP contribution in [0.5, 0.6) is 5.75 Å². The van der Waals surface area contributed by atoms with Crippen LogP contribution in [0.25, 0.3) is 0 Å². The normalized spacial score (nSPS) is 16.1. The maximum absolute atomic E-state index is 8.84. The monoisotopic (exact) mass is 272 g/mol. The van der Waals surface area contributed by atoms with Crippen LogP contribution in [-0.2, 0) is 0 Å². The molecule has 2 rings (SSSR count). The van der Waals surface area contributed by atoms with Crippen LogP contribution >= 0.6 is 0 Å². The Hall–Kier alpha value is -1.53. The van der Waals surface area contributed by atoms with E-state index in [1.165, 1.54) is 32.1 Å². The molecule has 0 radical (unpaired) electrons. The van der Waals surface area contributed by atoms with E-state index in [0.717, 1.165) is 24.8 Å². The van der Waals surface area contributed by atoms with Gasteiger partial charge in [0.05, 0.1) is 18.2 Å². The zero-order chi connectivity index (χ0) is 14.2. The van der Waals surface area contributed by atoms with E-state index in [0.29, 0.717) is 12.2 Å². The van der Waals surface area contributed by atoms with Crippen molar-refractivity contribution in [3.05, 3.63) is 29.8 Å². The molecule has 0 spiro atoms. The Bertz CT molecular complexity index is 447. The molecular formula is C17H24N2O. The molecular weight excluding hydrogens is 248 g/mol. The molecule has 1 saturated carbocycles. The van der Waals surface area contributed by atoms with Gasteiger partial charge >= 0.3 is 0 Å². The van der Waals surface area contributed by atoms with E-state index < -0.39 is 0 Å². The second-order valence-corrected chi connectivity index (χ2v) is 5.61. The van der Waals surface area contributed by atoms with Crippen LogP contribution in [0.3, 0.4) is 0 Å². The first kappa shape index (κ1) is 14.9. The van der Waals surface area contributed by atoms with Crippen LogP contribution in [0, 0.1) is 11.3 Å². The van der Waals surface area contributed by atoms with Gasteiger partial charge in [-0.05, 0) is 44.5 Å². The van der Waals surface area contributed by atoms with Gasteiger partial charge in [0.1, 0.15) is 5.75 Å². The summed E-state index contributed by atoms with van der Waals surface area (Å²) < 4.78 is 5.71. The summed E-state index contributed by atoms with van der Waals surface area (Å²) in [5.74, 6) is 0.796. The average molecular weight is 272 g/mol. The molecule has 1 aromatic rings. The summed E-state index contributed by atoms with van der Waals surface area (Å²) in [6.45, 7) is 1.80. The molecule has 1 fully saturated rings. The SMILES string of the molecule is CN(CCCOc1cccc(C#N)c1)C1CCCCC1. The van der Waals surface area contributed by atoms with E-state index in [1.54, 1.807) is 12.1 Å². The van der Waals surface area contributed by atoms with Gasteiger partial charge in [0.15, 0.2) is 0 Å². The Morgan fingerprint density at radius 3 is 2.85 bits per heavy atom. The van der Waals surface area contributed by atoms with Gasteiger partial charge in [-0.15, -0.1) is 0 Å². The number of ether oxygens (including phenoxy) is 1. The lowest BCUT2D eigenvalue weighted by Gasteiger charge is -2.31. The summed E-state index contributed by atoms with van der Waals surface area (Å²) in [6.07, 6.45) is 7.90. The van der Waals surface area contributed by atoms with Crippen molar-refractivity contribution >= 4 is 0 Å². The number of nitriles is 1. The van der Waals surface area contributed by atoms with Crippen molar-refractivity contribution in [3.8, 4) is 11.8 Å². The molecule has 0 bridgehead atoms. The fraction of sp³-hybridized carbons (Fsp3) is 0.588. The van der Waals surface area contributed by atoms with Crippen LogP contribution in [0.15, 0.2) is 24.3 Å². The highest BCUT2D eigenvalue weighted by molar-refractivity contribution is 5.36. The van der Waals surface area contributed by atoms with Crippen LogP contribution in [0.1, 0.15) is 44.1 Å². The number of hydrogen-bond acceptors (Lipinski definition) is 3. The molecule has 20 heavy (non-hydrogen) atoms. The van der Waals surface area contributed by atoms with Gasteiger partial charge in [0, 0.05) is 12.6 Å². The van der Waals surface area contributed by atoms with Gasteiger partial charge in [-0.1, -0.05) is 25.3 Å². The van der Waals surface area contributed by atoms with Crippen LogP contribution in [0.4, 0.5) is 0 Å². The summed E-state index contributed by atoms with van der Waals surface area (Å²) in [6, 6.07) is 10.3. The maximum atomic E-state index is 8.84. The van der Waals surface area contributed by atoms with Crippen molar-refractivity contribution in [2.24, 2.45) is 0 Å². The number of benzene rings is 1. The molecule has 0 unspecified atom stereocenters. The quantitative estimate of drug-likeness (QED) is 0.742. The molecule has 0 amide bonds. The Kier molecular flexibility index (Phi) is 5.88. The molecule has 0 saturated heterocycles. The van der Waals surface area contributed by atoms with E-state index in [2.05, 4.69) is 18.0 Å². The van der Waals surface area contributed by atoms with Crippen molar-refractivity contribution in [2.45, 2.75) is 44.6 Å². The minimum atomic E-state index is 0.654. The fourth-order valence-electron chi connectivity index (χ4n) is 2.86. The van der Waals surface area contributed by atoms with Crippen molar-refractivity contribution in [2.75, 3.05) is 20.2 Å². The van der Waals surface area contributed by atoms with Gasteiger partial charge < -0.3 is 9.64 Å². The van der Waals surface area contributed by atoms with Gasteiger partial charge in [0.25, 0.3) is 0 Å². The maximum Gasteiger partial charge on any atom is 0.120 e. The zero-order valence-corrected chi connectivity index (χ0v) is 12.3. The lowest BCUT2D eigenvalue weighted by atomic mass is 9.94. The first-order chi connectivity index (χ1) is 9.79. The fourth-order valence-corrected chi connectivity index (χ4v) is 2.86. The van der Waals surface area contributed by atoms with E-state index >= 15 is 0 Å². The second-order valence-electron chi connectivity index (χ2n) is 5.61. The summed E-state index contributed by atoms with van der Waals surface area (Å²) in [5, 5.41) is 8.84. The average Bonchev–Trinajstić information content (AvgIpc) is 2.52. The molecule has 0 N–H and O–H groups in total. The van der Waals surface area contributed by atoms with E-state index in [1.807, 2.05) is 12.1 Å². The molecule has 1 aliphatic carbocycles. The number of hydrogen-bond donors (Lipinski definition) is 0. The van der Waals surface area contributed by atoms with Gasteiger partial charge in [-0.25, -0.2) is 0 Å². The highest BCUT2D eigenvalue weighted by Crippen LogP contribution is 2.21. The van der Waals surface area contributed by atoms with E-state index in [4.69, 9.17) is 10.00 Å². The summed E-state index contributed by atoms with van der Waals surface area (Å²) >= 11 is 0. The molecule has 0 atom stereocenters. The smallest absolute Gasteiger partial charge is 0.120 e. The van der Waals surface area contributed by atoms with Crippen LogP contribution in [0.2, 0.25) is 0 Å². The molecule has 0 heterocycles. The summed E-state index contributed by atoms with van der Waals surface area (Å²) in [5.41, 5.74) is 0.654. The van der Waals surface area contributed by atoms with Crippen LogP contribution in [-0.4, -0.2) is 31.1 Å². The van der Waals surface area contributed by atoms with Crippen molar-refractivity contribution in [1.82, 2.24) is 4.90 Å². The van der Waals surface area contributed by atoms with Gasteiger partial charge in [0.2, 0.25) is 0 Å². The van der Waals surface area contributed by atoms with Crippen molar-refractivity contribution in [1.29, 1.82) is 5.26 Å². The molecule has 0 aromatic heterocycles. The van der Waals surface area contributed by atoms with Crippen molar-refractivity contribution in [3.63, 3.8) is 0 Å². The standard InChI is InChI=1S/C17H24N2O/c1-19(16-8-3-2-4-9-16)11-6-12-20-17-10-5-7-15(13-17)14-18/h5,7,10,13,16H,2-4,6,8-9,11-12H2,1H3. The first-order valence-electron chi connectivity index (χ1n) is 7.63. The molecule has 3 nitrogen and oxygen atoms in total. The second kappa shape index (κ2) is 7.91. The summed E-state index contributed by atoms with van der Waals surface area (Å²) in [7, 11) is 2.23. The first-order valence-corrected chi connectivity index (χ1v) is 7.63. The largest absolute Gasteiger partial charge is 0.494 e. The predicted molar refractivity (Wildman–Crippen MR) is 80.8 cm³/mol. The highest BCUT2D eigenvalue weighted by atomic mass is 16.5. The van der Waals surface area contributed by atoms with Gasteiger partial charge in [-0.2, -0.15) is 5.26 Å². The molecule has 1 aromatic carbocycles. The third-order valence-corrected chi connectivity index (χ3v) is 4.09.